The summed E-state index contributed by atoms with van der Waals surface area (Å²) in [7, 11) is 0. The molecule has 0 aliphatic heterocycles. The molecular weight excluding hydrogens is 326 g/mol. The Balaban J connectivity index is 1.90. The van der Waals surface area contributed by atoms with Crippen LogP contribution in [0.15, 0.2) is 71.1 Å². The fourth-order valence-corrected chi connectivity index (χ4v) is 2.94. The van der Waals surface area contributed by atoms with Gasteiger partial charge in [-0.15, -0.1) is 0 Å². The zero-order valence-corrected chi connectivity index (χ0v) is 14.3. The van der Waals surface area contributed by atoms with Gasteiger partial charge in [0.25, 0.3) is 0 Å². The molecular formula is C22H17NO3. The molecule has 128 valence electrons. The summed E-state index contributed by atoms with van der Waals surface area (Å²) in [6.07, 6.45) is 1.78. The molecule has 0 aliphatic rings. The second kappa shape index (κ2) is 6.84. The number of carbonyl (C=O) groups excluding carboxylic acids is 1. The van der Waals surface area contributed by atoms with Crippen LogP contribution in [0.3, 0.4) is 0 Å². The first-order valence-corrected chi connectivity index (χ1v) is 8.49. The summed E-state index contributed by atoms with van der Waals surface area (Å²) in [5.74, 6) is -0.190. The minimum absolute atomic E-state index is 0.262. The van der Waals surface area contributed by atoms with E-state index in [9.17, 15) is 4.79 Å². The average Bonchev–Trinajstić information content (AvgIpc) is 3.10. The molecule has 0 amide bonds. The molecule has 4 heteroatoms. The van der Waals surface area contributed by atoms with Gasteiger partial charge >= 0.3 is 5.97 Å². The topological polar surface area (TPSA) is 52.3 Å². The molecule has 4 nitrogen and oxygen atoms in total. The van der Waals surface area contributed by atoms with E-state index in [2.05, 4.69) is 4.98 Å². The Morgan fingerprint density at radius 1 is 1.04 bits per heavy atom. The highest BCUT2D eigenvalue weighted by Crippen LogP contribution is 2.27. The second-order valence-electron chi connectivity index (χ2n) is 5.83. The van der Waals surface area contributed by atoms with Crippen molar-refractivity contribution in [2.75, 3.05) is 6.61 Å². The van der Waals surface area contributed by atoms with E-state index in [-0.39, 0.29) is 12.5 Å². The predicted octanol–water partition coefficient (Wildman–Crippen LogP) is 5.08. The third kappa shape index (κ3) is 2.97. The number of oxazole rings is 1. The molecule has 0 aliphatic carbocycles. The summed E-state index contributed by atoms with van der Waals surface area (Å²) in [5.41, 5.74) is 2.55. The molecule has 0 atom stereocenters. The van der Waals surface area contributed by atoms with Gasteiger partial charge in [0, 0.05) is 0 Å². The fraction of sp³-hybridized carbons (Fsp3) is 0.0909. The number of para-hydroxylation sites is 2. The number of benzene rings is 3. The molecule has 0 saturated heterocycles. The number of carbonyl (C=O) groups is 1. The van der Waals surface area contributed by atoms with Gasteiger partial charge < -0.3 is 9.15 Å². The first kappa shape index (κ1) is 16.1. The van der Waals surface area contributed by atoms with Crippen molar-refractivity contribution in [3.8, 4) is 0 Å². The monoisotopic (exact) mass is 343 g/mol. The van der Waals surface area contributed by atoms with Gasteiger partial charge in [0.1, 0.15) is 11.1 Å². The van der Waals surface area contributed by atoms with Gasteiger partial charge in [-0.1, -0.05) is 54.6 Å². The SMILES string of the molecule is CCOC(=O)/C(=C\c1cccc2ccccc12)c1nc2ccccc2o1. The smallest absolute Gasteiger partial charge is 0.343 e. The highest BCUT2D eigenvalue weighted by molar-refractivity contribution is 6.21. The first-order chi connectivity index (χ1) is 12.8. The van der Waals surface area contributed by atoms with Crippen molar-refractivity contribution in [2.24, 2.45) is 0 Å². The lowest BCUT2D eigenvalue weighted by Crippen LogP contribution is -2.07. The highest BCUT2D eigenvalue weighted by Gasteiger charge is 2.20. The fourth-order valence-electron chi connectivity index (χ4n) is 2.94. The molecule has 0 saturated carbocycles. The molecule has 0 spiro atoms. The van der Waals surface area contributed by atoms with E-state index < -0.39 is 5.97 Å². The Kier molecular flexibility index (Phi) is 4.23. The van der Waals surface area contributed by atoms with Crippen LogP contribution in [0.2, 0.25) is 0 Å². The number of rotatable bonds is 4. The molecule has 0 N–H and O–H groups in total. The molecule has 0 fully saturated rings. The van der Waals surface area contributed by atoms with E-state index in [4.69, 9.17) is 9.15 Å². The van der Waals surface area contributed by atoms with Crippen LogP contribution < -0.4 is 0 Å². The number of aromatic nitrogens is 1. The zero-order valence-electron chi connectivity index (χ0n) is 14.3. The normalized spacial score (nSPS) is 11.8. The molecule has 3 aromatic carbocycles. The second-order valence-corrected chi connectivity index (χ2v) is 5.83. The molecule has 1 aromatic heterocycles. The summed E-state index contributed by atoms with van der Waals surface area (Å²) < 4.78 is 11.0. The highest BCUT2D eigenvalue weighted by atomic mass is 16.5. The van der Waals surface area contributed by atoms with Crippen molar-refractivity contribution >= 4 is 39.5 Å². The maximum absolute atomic E-state index is 12.6. The van der Waals surface area contributed by atoms with Gasteiger partial charge in [0.15, 0.2) is 5.58 Å². The number of hydrogen-bond acceptors (Lipinski definition) is 4. The molecule has 0 unspecified atom stereocenters. The third-order valence-corrected chi connectivity index (χ3v) is 4.14. The van der Waals surface area contributed by atoms with Crippen LogP contribution in [0.4, 0.5) is 0 Å². The summed E-state index contributed by atoms with van der Waals surface area (Å²) in [6.45, 7) is 2.06. The first-order valence-electron chi connectivity index (χ1n) is 8.49. The van der Waals surface area contributed by atoms with Gasteiger partial charge in [-0.05, 0) is 41.5 Å². The van der Waals surface area contributed by atoms with Crippen LogP contribution in [0, 0.1) is 0 Å². The summed E-state index contributed by atoms with van der Waals surface area (Å²) >= 11 is 0. The van der Waals surface area contributed by atoms with Gasteiger partial charge in [-0.3, -0.25) is 0 Å². The lowest BCUT2D eigenvalue weighted by atomic mass is 10.0. The molecule has 4 aromatic rings. The van der Waals surface area contributed by atoms with Gasteiger partial charge in [0.2, 0.25) is 5.89 Å². The van der Waals surface area contributed by atoms with Gasteiger partial charge in [0.05, 0.1) is 6.61 Å². The Morgan fingerprint density at radius 3 is 2.65 bits per heavy atom. The van der Waals surface area contributed by atoms with Crippen molar-refractivity contribution in [3.05, 3.63) is 78.2 Å². The largest absolute Gasteiger partial charge is 0.462 e. The van der Waals surface area contributed by atoms with Crippen molar-refractivity contribution in [2.45, 2.75) is 6.92 Å². The van der Waals surface area contributed by atoms with E-state index in [0.29, 0.717) is 16.7 Å². The number of nitrogens with zero attached hydrogens (tertiary/aromatic N) is 1. The molecule has 1 heterocycles. The quantitative estimate of drug-likeness (QED) is 0.383. The van der Waals surface area contributed by atoms with E-state index in [1.807, 2.05) is 66.7 Å². The van der Waals surface area contributed by atoms with Crippen LogP contribution in [-0.2, 0) is 9.53 Å². The Hall–Kier alpha value is -3.40. The Bertz CT molecular complexity index is 1090. The Labute approximate surface area is 150 Å². The lowest BCUT2D eigenvalue weighted by molar-refractivity contribution is -0.136. The van der Waals surface area contributed by atoms with Crippen molar-refractivity contribution < 1.29 is 13.9 Å². The Morgan fingerprint density at radius 2 is 1.81 bits per heavy atom. The van der Waals surface area contributed by atoms with Gasteiger partial charge in [-0.25, -0.2) is 9.78 Å². The summed E-state index contributed by atoms with van der Waals surface area (Å²) in [6, 6.07) is 21.4. The standard InChI is InChI=1S/C22H17NO3/c1-2-25-22(24)18(21-23-19-12-5-6-13-20(19)26-21)14-16-10-7-9-15-8-3-4-11-17(15)16/h3-14H,2H2,1H3/b18-14-. The predicted molar refractivity (Wildman–Crippen MR) is 102 cm³/mol. The number of fused-ring (bicyclic) bond motifs is 2. The number of hydrogen-bond donors (Lipinski definition) is 0. The van der Waals surface area contributed by atoms with Crippen LogP contribution >= 0.6 is 0 Å². The van der Waals surface area contributed by atoms with E-state index >= 15 is 0 Å². The van der Waals surface area contributed by atoms with Crippen LogP contribution in [-0.4, -0.2) is 17.6 Å². The van der Waals surface area contributed by atoms with E-state index in [1.54, 1.807) is 13.0 Å². The summed E-state index contributed by atoms with van der Waals surface area (Å²) in [4.78, 5) is 17.0. The van der Waals surface area contributed by atoms with Crippen LogP contribution in [0.5, 0.6) is 0 Å². The lowest BCUT2D eigenvalue weighted by Gasteiger charge is -2.06. The van der Waals surface area contributed by atoms with Crippen LogP contribution in [0.25, 0.3) is 33.5 Å². The maximum atomic E-state index is 12.6. The number of ether oxygens (including phenoxy) is 1. The molecule has 4 rings (SSSR count). The third-order valence-electron chi connectivity index (χ3n) is 4.14. The van der Waals surface area contributed by atoms with Crippen molar-refractivity contribution in [1.29, 1.82) is 0 Å². The minimum Gasteiger partial charge on any atom is -0.462 e. The van der Waals surface area contributed by atoms with Gasteiger partial charge in [-0.2, -0.15) is 0 Å². The van der Waals surface area contributed by atoms with Crippen molar-refractivity contribution in [1.82, 2.24) is 4.98 Å². The van der Waals surface area contributed by atoms with Crippen molar-refractivity contribution in [3.63, 3.8) is 0 Å². The number of esters is 1. The molecule has 0 radical (unpaired) electrons. The average molecular weight is 343 g/mol. The van der Waals surface area contributed by atoms with E-state index in [0.717, 1.165) is 16.3 Å². The maximum Gasteiger partial charge on any atom is 0.343 e. The molecule has 26 heavy (non-hydrogen) atoms. The summed E-state index contributed by atoms with van der Waals surface area (Å²) in [5, 5.41) is 2.15. The zero-order chi connectivity index (χ0) is 17.9. The van der Waals surface area contributed by atoms with E-state index in [1.165, 1.54) is 0 Å². The van der Waals surface area contributed by atoms with Crippen LogP contribution in [0.1, 0.15) is 18.4 Å². The minimum atomic E-state index is -0.452. The molecule has 0 bridgehead atoms.